The number of pyridine rings is 1. The van der Waals surface area contributed by atoms with Gasteiger partial charge in [0.1, 0.15) is 67.3 Å². The number of ketones is 1. The summed E-state index contributed by atoms with van der Waals surface area (Å²) in [7, 11) is -5.49. The van der Waals surface area contributed by atoms with Crippen LogP contribution in [-0.2, 0) is 64.0 Å². The maximum absolute atomic E-state index is 15.0. The van der Waals surface area contributed by atoms with E-state index in [0.717, 1.165) is 79.4 Å². The van der Waals surface area contributed by atoms with Gasteiger partial charge in [-0.15, -0.1) is 23.5 Å². The fourth-order valence-corrected chi connectivity index (χ4v) is 21.7. The smallest absolute Gasteiger partial charge is 0.185 e. The van der Waals surface area contributed by atoms with Crippen LogP contribution in [0.3, 0.4) is 0 Å². The molecular weight excluding hydrogens is 1770 g/mol. The number of carbonyl (C=O) groups excluding carboxylic acids is 2. The summed E-state index contributed by atoms with van der Waals surface area (Å²) in [5, 5.41) is 53.0. The number of Topliss-reactive ketones (excluding diaryl/α,β-unsaturated/α-hetero) is 1. The van der Waals surface area contributed by atoms with Crippen molar-refractivity contribution in [3.63, 3.8) is 0 Å². The van der Waals surface area contributed by atoms with Gasteiger partial charge in [0.05, 0.1) is 98.6 Å². The zero-order chi connectivity index (χ0) is 84.6. The highest BCUT2D eigenvalue weighted by atomic mass is 79.9. The first-order valence-corrected chi connectivity index (χ1v) is 50.4. The SMILES string of the molecule is CC(C#N)(SC[C@](C)(N[S@](=O)C(C)(C)C)c1cc(Br)ccc1F)C1CC1.CC(C)(C)S(=O)N[C@@](C)(CSC(C#N)C1CC1)c1cc(Br)ccc1F.CN=S1(=O)C[C@@](C)(c2cc(CC(=O)c3ccc(Cl)cn3)ccc2F)N=C(N)C1(C)C1CC1.C[Si](C)(C)OC(C#N)C1CC1.N#CC(Br)C1CC1.N#CC(O)C1CC1.O=CC1CC1. The number of benzene rings is 3. The van der Waals surface area contributed by atoms with E-state index in [0.29, 0.717) is 68.7 Å². The number of hydrogen-bond donors (Lipinski definition) is 4. The monoisotopic (exact) mass is 1880 g/mol. The molecule has 618 valence electrons. The second-order valence-corrected chi connectivity index (χ2v) is 51.1. The number of nitrogens with two attached hydrogens (primary N) is 1. The summed E-state index contributed by atoms with van der Waals surface area (Å²) in [5.41, 5.74) is 5.56. The Morgan fingerprint density at radius 2 is 1.26 bits per heavy atom. The number of halogens is 7. The van der Waals surface area contributed by atoms with E-state index in [1.165, 1.54) is 80.7 Å². The van der Waals surface area contributed by atoms with Crippen molar-refractivity contribution in [2.45, 2.75) is 250 Å². The normalized spacial score (nSPS) is 23.5. The molecule has 0 radical (unpaired) electrons. The van der Waals surface area contributed by atoms with Crippen molar-refractivity contribution >= 4 is 141 Å². The Hall–Kier alpha value is -4.40. The van der Waals surface area contributed by atoms with Crippen LogP contribution in [0.4, 0.5) is 13.2 Å². The van der Waals surface area contributed by atoms with E-state index in [2.05, 4.69) is 110 Å². The van der Waals surface area contributed by atoms with Crippen LogP contribution in [0.15, 0.2) is 91.2 Å². The van der Waals surface area contributed by atoms with Crippen molar-refractivity contribution in [1.82, 2.24) is 14.4 Å². The first kappa shape index (κ1) is 97.4. The van der Waals surface area contributed by atoms with Gasteiger partial charge < -0.3 is 20.1 Å². The van der Waals surface area contributed by atoms with E-state index in [1.54, 1.807) is 61.5 Å². The predicted molar refractivity (Wildman–Crippen MR) is 465 cm³/mol. The first-order chi connectivity index (χ1) is 52.6. The molecule has 18 nitrogen and oxygen atoms in total. The van der Waals surface area contributed by atoms with Gasteiger partial charge in [-0.2, -0.15) is 26.3 Å². The summed E-state index contributed by atoms with van der Waals surface area (Å²) in [6.45, 7) is 26.9. The van der Waals surface area contributed by atoms with E-state index < -0.39 is 87.5 Å². The fourth-order valence-electron chi connectivity index (χ4n) is 11.7. The molecule has 0 saturated heterocycles. The number of hydrogen-bond acceptors (Lipinski definition) is 18. The minimum Gasteiger partial charge on any atom is -0.402 e. The predicted octanol–water partition coefficient (Wildman–Crippen LogP) is 19.0. The standard InChI is InChI=1S/C23H26ClFN4O2S.C19H26BrFN2OS2.C18H24BrFN2OS2.C8H15NOSi.C5H6BrN.C5H7NO.C4H6O/c1-22(13-32(31,27-3)23(2,15-5-6-15)21(26)29-22)17-10-14(4-8-18(17)25)11-20(30)19-9-7-16(24)12-28-19;1-17(2,3)26(24)23-18(4,15-10-14(20)8-9-16(15)21)12-25-19(5,11-22)13-6-7-13;1-17(2,3)25(23)22-18(4,11-24-16(10-21)12-5-6-12)14-9-13(19)7-8-15(14)20;1-11(2,3)10-8(6-9)7-4-5-7;6-5(3-7)4-1-2-4;6-3-5(7)4-1-2-4;5-3-4-1-2-4/h4,7-10,12,15H,5-6,11,13H2,1-3H3,(H2,26,29);8-10,13,23H,6-7,12H2,1-5H3;7-9,12,16,22H,5-6,11H2,1-4H3;7-8H,4-5H2,1-3H3;4-5H,1-2H2;4-5,7H,1-2H2;3-4H,1-2H2/t22-,23?,32?;18-,19?,26+;16?,18-,25?;;;;/m000..../s1. The quantitative estimate of drug-likeness (QED) is 0.0157. The minimum absolute atomic E-state index is 0.0322. The van der Waals surface area contributed by atoms with Crippen LogP contribution in [0.25, 0.3) is 0 Å². The van der Waals surface area contributed by atoms with Crippen molar-refractivity contribution < 1.29 is 44.9 Å². The number of aliphatic hydroxyl groups excluding tert-OH is 1. The maximum Gasteiger partial charge on any atom is 0.185 e. The number of aliphatic hydroxyl groups is 1. The minimum atomic E-state index is -2.80. The molecule has 12 atom stereocenters. The van der Waals surface area contributed by atoms with Gasteiger partial charge in [0, 0.05) is 62.7 Å². The number of rotatable bonds is 25. The lowest BCUT2D eigenvalue weighted by Gasteiger charge is -2.42. The number of nitrogens with zero attached hydrogens (tertiary/aromatic N) is 8. The Morgan fingerprint density at radius 1 is 0.743 bits per heavy atom. The molecule has 1 aromatic heterocycles. The second kappa shape index (κ2) is 41.5. The van der Waals surface area contributed by atoms with Crippen LogP contribution in [0.1, 0.15) is 199 Å². The lowest BCUT2D eigenvalue weighted by molar-refractivity contribution is -0.108. The molecule has 7 aliphatic carbocycles. The molecule has 12 rings (SSSR count). The van der Waals surface area contributed by atoms with Crippen LogP contribution in [0, 0.1) is 116 Å². The number of alkyl halides is 1. The van der Waals surface area contributed by atoms with Crippen molar-refractivity contribution in [1.29, 1.82) is 26.3 Å². The molecule has 3 aromatic carbocycles. The molecule has 0 bridgehead atoms. The average Bonchev–Trinajstić information content (AvgIpc) is 1.69. The number of thioether (sulfide) groups is 2. The van der Waals surface area contributed by atoms with E-state index in [-0.39, 0.29) is 68.8 Å². The molecule has 8 unspecified atom stereocenters. The van der Waals surface area contributed by atoms with E-state index >= 15 is 4.39 Å². The molecule has 4 aromatic rings. The largest absolute Gasteiger partial charge is 0.402 e. The van der Waals surface area contributed by atoms with Crippen LogP contribution in [0.5, 0.6) is 0 Å². The molecule has 7 fully saturated rings. The molecule has 7 saturated carbocycles. The van der Waals surface area contributed by atoms with Crippen molar-refractivity contribution in [3.8, 4) is 30.3 Å². The maximum atomic E-state index is 15.0. The number of nitriles is 5. The molecular formula is C82H110Br3ClF3N11O7S5Si. The highest BCUT2D eigenvalue weighted by molar-refractivity contribution is 9.10. The Balaban J connectivity index is 0.000000223. The highest BCUT2D eigenvalue weighted by Crippen LogP contribution is 2.52. The van der Waals surface area contributed by atoms with Gasteiger partial charge in [-0.05, 0) is 287 Å². The van der Waals surface area contributed by atoms with Crippen LogP contribution in [-0.4, -0.2) is 115 Å². The summed E-state index contributed by atoms with van der Waals surface area (Å²) < 4.78 is 99.2. The average molecular weight is 1880 g/mol. The molecule has 113 heavy (non-hydrogen) atoms. The summed E-state index contributed by atoms with van der Waals surface area (Å²) in [6, 6.07) is 28.1. The van der Waals surface area contributed by atoms with Gasteiger partial charge in [-0.3, -0.25) is 14.8 Å². The summed E-state index contributed by atoms with van der Waals surface area (Å²) in [4.78, 5) is 31.1. The van der Waals surface area contributed by atoms with Crippen LogP contribution in [0.2, 0.25) is 24.7 Å². The molecule has 2 heterocycles. The fraction of sp³-hybridized carbons (Fsp3) is 0.622. The molecule has 0 amide bonds. The Morgan fingerprint density at radius 3 is 1.63 bits per heavy atom. The Labute approximate surface area is 713 Å². The summed E-state index contributed by atoms with van der Waals surface area (Å²) >= 11 is 18.9. The number of amidine groups is 1. The van der Waals surface area contributed by atoms with Gasteiger partial charge in [-0.1, -0.05) is 65.5 Å². The highest BCUT2D eigenvalue weighted by Gasteiger charge is 2.58. The third kappa shape index (κ3) is 29.5. The zero-order valence-electron chi connectivity index (χ0n) is 67.3. The van der Waals surface area contributed by atoms with Crippen molar-refractivity contribution in [2.75, 3.05) is 24.3 Å². The van der Waals surface area contributed by atoms with Gasteiger partial charge in [0.25, 0.3) is 0 Å². The molecule has 5 N–H and O–H groups in total. The lowest BCUT2D eigenvalue weighted by Crippen LogP contribution is -2.57. The first-order valence-electron chi connectivity index (χ1n) is 38.1. The molecule has 8 aliphatic rings. The molecule has 31 heteroatoms. The van der Waals surface area contributed by atoms with Gasteiger partial charge in [-0.25, -0.2) is 39.6 Å². The summed E-state index contributed by atoms with van der Waals surface area (Å²) in [5.74, 6) is 2.81. The number of aliphatic imine (C=N–C) groups is 1. The van der Waals surface area contributed by atoms with Gasteiger partial charge in [0.2, 0.25) is 0 Å². The molecule has 0 spiro atoms. The van der Waals surface area contributed by atoms with E-state index in [9.17, 15) is 41.5 Å². The van der Waals surface area contributed by atoms with Crippen molar-refractivity contribution in [2.24, 2.45) is 56.5 Å². The Bertz CT molecular complexity index is 4390. The topological polar surface area (TPSA) is 321 Å². The molecule has 1 aliphatic heterocycles. The zero-order valence-corrected chi connectivity index (χ0v) is 77.9. The lowest BCUT2D eigenvalue weighted by atomic mass is 9.90. The third-order valence-electron chi connectivity index (χ3n) is 20.2. The van der Waals surface area contributed by atoms with Crippen LogP contribution >= 0.6 is 82.9 Å². The Kier molecular flexibility index (Phi) is 35.8. The third-order valence-corrected chi connectivity index (χ3v) is 33.6. The van der Waals surface area contributed by atoms with Crippen LogP contribution < -0.4 is 15.2 Å². The van der Waals surface area contributed by atoms with Crippen molar-refractivity contribution in [3.05, 3.63) is 132 Å². The second-order valence-electron chi connectivity index (χ2n) is 34.1. The van der Waals surface area contributed by atoms with E-state index in [1.807, 2.05) is 69.2 Å². The summed E-state index contributed by atoms with van der Waals surface area (Å²) in [6.07, 6.45) is 17.0. The number of nitrogens with one attached hydrogen (secondary N) is 2. The number of aldehydes is 1. The van der Waals surface area contributed by atoms with Gasteiger partial charge >= 0.3 is 0 Å². The number of aromatic nitrogens is 1. The van der Waals surface area contributed by atoms with E-state index in [4.69, 9.17) is 47.6 Å². The van der Waals surface area contributed by atoms with Gasteiger partial charge in [0.15, 0.2) is 14.1 Å². The number of carbonyl (C=O) groups is 2.